The lowest BCUT2D eigenvalue weighted by molar-refractivity contribution is -0.116. The zero-order chi connectivity index (χ0) is 14.8. The molecule has 0 aliphatic heterocycles. The van der Waals surface area contributed by atoms with Crippen LogP contribution in [0.15, 0.2) is 53.3 Å². The molecule has 0 saturated heterocycles. The Morgan fingerprint density at radius 1 is 1.19 bits per heavy atom. The zero-order valence-electron chi connectivity index (χ0n) is 11.1. The fourth-order valence-electron chi connectivity index (χ4n) is 2.04. The van der Waals surface area contributed by atoms with Crippen molar-refractivity contribution in [3.8, 4) is 0 Å². The highest BCUT2D eigenvalue weighted by atomic mass is 32.1. The molecule has 0 radical (unpaired) electrons. The van der Waals surface area contributed by atoms with Crippen molar-refractivity contribution in [2.45, 2.75) is 6.54 Å². The Hall–Kier alpha value is -2.60. The smallest absolute Gasteiger partial charge is 0.269 e. The molecule has 0 saturated carbocycles. The summed E-state index contributed by atoms with van der Waals surface area (Å²) in [6.45, 7) is -0.00697. The second-order valence-corrected chi connectivity index (χ2v) is 5.67. The molecule has 6 heteroatoms. The number of aromatic nitrogens is 1. The molecule has 0 bridgehead atoms. The van der Waals surface area contributed by atoms with E-state index in [0.29, 0.717) is 16.8 Å². The third-order valence-electron chi connectivity index (χ3n) is 3.02. The maximum absolute atomic E-state index is 12.2. The van der Waals surface area contributed by atoms with E-state index in [9.17, 15) is 9.59 Å². The monoisotopic (exact) mass is 299 g/mol. The van der Waals surface area contributed by atoms with E-state index in [1.165, 1.54) is 15.5 Å². The molecule has 0 spiro atoms. The largest absolute Gasteiger partial charge is 0.399 e. The standard InChI is InChI=1S/C15H13N3O2S/c16-10-6-7-12-13(8-10)21-18(15(12)20)9-14(19)17-11-4-2-1-3-5-11/h1-8H,9,16H2,(H,17,19). The first-order valence-electron chi connectivity index (χ1n) is 6.38. The van der Waals surface area contributed by atoms with E-state index in [2.05, 4.69) is 5.32 Å². The number of nitrogen functional groups attached to an aromatic ring is 1. The van der Waals surface area contributed by atoms with Crippen molar-refractivity contribution in [2.75, 3.05) is 11.1 Å². The number of anilines is 2. The van der Waals surface area contributed by atoms with Crippen LogP contribution in [-0.2, 0) is 11.3 Å². The molecule has 1 heterocycles. The molecule has 1 aromatic heterocycles. The maximum atomic E-state index is 12.2. The molecule has 1 amide bonds. The number of rotatable bonds is 3. The Bertz CT molecular complexity index is 852. The Balaban J connectivity index is 1.83. The number of benzene rings is 2. The molecule has 0 fully saturated rings. The van der Waals surface area contributed by atoms with Crippen molar-refractivity contribution < 1.29 is 4.79 Å². The number of amides is 1. The topological polar surface area (TPSA) is 77.1 Å². The van der Waals surface area contributed by atoms with E-state index >= 15 is 0 Å². The molecule has 2 aromatic carbocycles. The minimum atomic E-state index is -0.233. The Morgan fingerprint density at radius 2 is 1.95 bits per heavy atom. The molecule has 0 unspecified atom stereocenters. The van der Waals surface area contributed by atoms with Crippen LogP contribution in [-0.4, -0.2) is 9.86 Å². The van der Waals surface area contributed by atoms with Gasteiger partial charge in [-0.2, -0.15) is 0 Å². The van der Waals surface area contributed by atoms with Gasteiger partial charge >= 0.3 is 0 Å². The van der Waals surface area contributed by atoms with E-state index < -0.39 is 0 Å². The number of nitrogens with two attached hydrogens (primary N) is 1. The Kier molecular flexibility index (Phi) is 3.45. The van der Waals surface area contributed by atoms with Gasteiger partial charge in [-0.25, -0.2) is 0 Å². The highest BCUT2D eigenvalue weighted by molar-refractivity contribution is 7.13. The number of para-hydroxylation sites is 1. The van der Waals surface area contributed by atoms with Crippen molar-refractivity contribution in [3.63, 3.8) is 0 Å². The maximum Gasteiger partial charge on any atom is 0.269 e. The first kappa shape index (κ1) is 13.4. The predicted molar refractivity (Wildman–Crippen MR) is 85.6 cm³/mol. The number of hydrogen-bond donors (Lipinski definition) is 2. The van der Waals surface area contributed by atoms with Gasteiger partial charge in [0.15, 0.2) is 0 Å². The summed E-state index contributed by atoms with van der Waals surface area (Å²) in [4.78, 5) is 24.2. The van der Waals surface area contributed by atoms with Crippen LogP contribution in [0.25, 0.3) is 10.1 Å². The summed E-state index contributed by atoms with van der Waals surface area (Å²) in [7, 11) is 0. The normalized spacial score (nSPS) is 10.7. The first-order chi connectivity index (χ1) is 10.1. The average Bonchev–Trinajstić information content (AvgIpc) is 2.75. The summed E-state index contributed by atoms with van der Waals surface area (Å²) in [5.74, 6) is -0.233. The van der Waals surface area contributed by atoms with E-state index in [4.69, 9.17) is 5.73 Å². The second kappa shape index (κ2) is 5.41. The van der Waals surface area contributed by atoms with Gasteiger partial charge in [-0.1, -0.05) is 29.7 Å². The van der Waals surface area contributed by atoms with Gasteiger partial charge in [-0.05, 0) is 30.3 Å². The fourth-order valence-corrected chi connectivity index (χ4v) is 3.09. The van der Waals surface area contributed by atoms with Crippen LogP contribution in [0.3, 0.4) is 0 Å². The third kappa shape index (κ3) is 2.80. The minimum Gasteiger partial charge on any atom is -0.399 e. The zero-order valence-corrected chi connectivity index (χ0v) is 11.9. The van der Waals surface area contributed by atoms with Crippen LogP contribution >= 0.6 is 11.5 Å². The summed E-state index contributed by atoms with van der Waals surface area (Å²) in [5, 5.41) is 3.34. The number of nitrogens with one attached hydrogen (secondary N) is 1. The number of nitrogens with zero attached hydrogens (tertiary/aromatic N) is 1. The van der Waals surface area contributed by atoms with Crippen molar-refractivity contribution in [2.24, 2.45) is 0 Å². The fraction of sp³-hybridized carbons (Fsp3) is 0.0667. The highest BCUT2D eigenvalue weighted by Gasteiger charge is 2.11. The van der Waals surface area contributed by atoms with Gasteiger partial charge in [0.25, 0.3) is 5.56 Å². The highest BCUT2D eigenvalue weighted by Crippen LogP contribution is 2.19. The summed E-state index contributed by atoms with van der Waals surface area (Å²) in [6.07, 6.45) is 0. The lowest BCUT2D eigenvalue weighted by atomic mass is 10.2. The average molecular weight is 299 g/mol. The van der Waals surface area contributed by atoms with Crippen LogP contribution in [0.4, 0.5) is 11.4 Å². The van der Waals surface area contributed by atoms with E-state index in [-0.39, 0.29) is 18.0 Å². The Labute approximate surface area is 124 Å². The first-order valence-corrected chi connectivity index (χ1v) is 7.15. The molecule has 0 aliphatic rings. The molecule has 21 heavy (non-hydrogen) atoms. The predicted octanol–water partition coefficient (Wildman–Crippen LogP) is 2.28. The molecule has 106 valence electrons. The number of carbonyl (C=O) groups is 1. The van der Waals surface area contributed by atoms with Crippen molar-refractivity contribution in [1.82, 2.24) is 3.96 Å². The molecule has 0 atom stereocenters. The molecule has 3 N–H and O–H groups in total. The van der Waals surface area contributed by atoms with E-state index in [1.54, 1.807) is 30.3 Å². The number of hydrogen-bond acceptors (Lipinski definition) is 4. The Morgan fingerprint density at radius 3 is 2.71 bits per heavy atom. The molecule has 5 nitrogen and oxygen atoms in total. The van der Waals surface area contributed by atoms with Crippen molar-refractivity contribution >= 4 is 38.9 Å². The van der Waals surface area contributed by atoms with Gasteiger partial charge in [-0.3, -0.25) is 13.5 Å². The van der Waals surface area contributed by atoms with E-state index in [0.717, 1.165) is 4.70 Å². The molecule has 0 aliphatic carbocycles. The van der Waals surface area contributed by atoms with Gasteiger partial charge in [0.05, 0.1) is 10.1 Å². The van der Waals surface area contributed by atoms with E-state index in [1.807, 2.05) is 18.2 Å². The second-order valence-electron chi connectivity index (χ2n) is 4.60. The summed E-state index contributed by atoms with van der Waals surface area (Å²) >= 11 is 1.24. The van der Waals surface area contributed by atoms with Crippen molar-refractivity contribution in [3.05, 3.63) is 58.9 Å². The number of fused-ring (bicyclic) bond motifs is 1. The van der Waals surface area contributed by atoms with Crippen LogP contribution in [0, 0.1) is 0 Å². The number of carbonyl (C=O) groups excluding carboxylic acids is 1. The molecular weight excluding hydrogens is 286 g/mol. The third-order valence-corrected chi connectivity index (χ3v) is 4.07. The van der Waals surface area contributed by atoms with Gasteiger partial charge in [-0.15, -0.1) is 0 Å². The quantitative estimate of drug-likeness (QED) is 0.728. The lowest BCUT2D eigenvalue weighted by Gasteiger charge is -2.04. The van der Waals surface area contributed by atoms with Gasteiger partial charge in [0.1, 0.15) is 6.54 Å². The SMILES string of the molecule is Nc1ccc2c(=O)n(CC(=O)Nc3ccccc3)sc2c1. The van der Waals surface area contributed by atoms with Crippen molar-refractivity contribution in [1.29, 1.82) is 0 Å². The molecule has 3 rings (SSSR count). The summed E-state index contributed by atoms with van der Waals surface area (Å²) in [5.41, 5.74) is 6.85. The lowest BCUT2D eigenvalue weighted by Crippen LogP contribution is -2.23. The van der Waals surface area contributed by atoms with Crippen LogP contribution < -0.4 is 16.6 Å². The summed E-state index contributed by atoms with van der Waals surface area (Å²) < 4.78 is 2.22. The molecular formula is C15H13N3O2S. The summed E-state index contributed by atoms with van der Waals surface area (Å²) in [6, 6.07) is 14.3. The van der Waals surface area contributed by atoms with Crippen LogP contribution in [0.1, 0.15) is 0 Å². The molecule has 3 aromatic rings. The van der Waals surface area contributed by atoms with Gasteiger partial charge in [0.2, 0.25) is 5.91 Å². The van der Waals surface area contributed by atoms with Gasteiger partial charge < -0.3 is 11.1 Å². The van der Waals surface area contributed by atoms with Crippen LogP contribution in [0.2, 0.25) is 0 Å². The minimum absolute atomic E-state index is 0.00697. The van der Waals surface area contributed by atoms with Gasteiger partial charge in [0, 0.05) is 11.4 Å². The van der Waals surface area contributed by atoms with Crippen LogP contribution in [0.5, 0.6) is 0 Å².